The van der Waals surface area contributed by atoms with Crippen molar-refractivity contribution in [1.82, 2.24) is 10.6 Å². The maximum atomic E-state index is 11.3. The molecule has 0 aromatic rings. The molecule has 0 unspecified atom stereocenters. The van der Waals surface area contributed by atoms with Crippen molar-refractivity contribution in [3.8, 4) is 0 Å². The Labute approximate surface area is 73.9 Å². The van der Waals surface area contributed by atoms with E-state index >= 15 is 0 Å². The van der Waals surface area contributed by atoms with Gasteiger partial charge in [-0.15, -0.1) is 0 Å². The maximum Gasteiger partial charge on any atom is 0.236 e. The lowest BCUT2D eigenvalue weighted by Gasteiger charge is -2.12. The molecule has 0 aromatic carbocycles. The van der Waals surface area contributed by atoms with Gasteiger partial charge >= 0.3 is 0 Å². The lowest BCUT2D eigenvalue weighted by atomic mass is 10.3. The standard InChI is InChI=1S/C9H18N2O/c1-3-6-10-9(12)7(2)11-8-4-5-8/h7-8,11H,3-6H2,1-2H3,(H,10,12)/t7-/m0/s1. The second kappa shape index (κ2) is 4.45. The molecule has 0 radical (unpaired) electrons. The molecular weight excluding hydrogens is 152 g/mol. The highest BCUT2D eigenvalue weighted by molar-refractivity contribution is 5.81. The molecule has 0 heterocycles. The number of hydrogen-bond donors (Lipinski definition) is 2. The van der Waals surface area contributed by atoms with Gasteiger partial charge in [-0.2, -0.15) is 0 Å². The Balaban J connectivity index is 2.11. The van der Waals surface area contributed by atoms with Gasteiger partial charge in [0.1, 0.15) is 0 Å². The van der Waals surface area contributed by atoms with Crippen molar-refractivity contribution in [3.05, 3.63) is 0 Å². The van der Waals surface area contributed by atoms with Crippen LogP contribution in [0.1, 0.15) is 33.1 Å². The van der Waals surface area contributed by atoms with Gasteiger partial charge < -0.3 is 10.6 Å². The first-order chi connectivity index (χ1) is 5.74. The molecule has 1 aliphatic carbocycles. The number of rotatable bonds is 5. The molecule has 1 rings (SSSR count). The number of carbonyl (C=O) groups excluding carboxylic acids is 1. The maximum absolute atomic E-state index is 11.3. The summed E-state index contributed by atoms with van der Waals surface area (Å²) in [4.78, 5) is 11.3. The first kappa shape index (κ1) is 9.52. The lowest BCUT2D eigenvalue weighted by Crippen LogP contribution is -2.43. The SMILES string of the molecule is CCCNC(=O)[C@H](C)NC1CC1. The average molecular weight is 170 g/mol. The van der Waals surface area contributed by atoms with Gasteiger partial charge in [0.05, 0.1) is 6.04 Å². The normalized spacial score (nSPS) is 18.8. The van der Waals surface area contributed by atoms with Crippen LogP contribution in [-0.2, 0) is 4.79 Å². The van der Waals surface area contributed by atoms with Crippen LogP contribution in [0.5, 0.6) is 0 Å². The van der Waals surface area contributed by atoms with Crippen LogP contribution in [0.2, 0.25) is 0 Å². The molecule has 0 aliphatic heterocycles. The first-order valence-corrected chi connectivity index (χ1v) is 4.77. The van der Waals surface area contributed by atoms with E-state index in [2.05, 4.69) is 17.6 Å². The van der Waals surface area contributed by atoms with Crippen molar-refractivity contribution in [2.24, 2.45) is 0 Å². The second-order valence-corrected chi connectivity index (χ2v) is 3.45. The summed E-state index contributed by atoms with van der Waals surface area (Å²) in [7, 11) is 0. The van der Waals surface area contributed by atoms with Gasteiger partial charge in [0.15, 0.2) is 0 Å². The summed E-state index contributed by atoms with van der Waals surface area (Å²) in [5.41, 5.74) is 0. The fraction of sp³-hybridized carbons (Fsp3) is 0.889. The van der Waals surface area contributed by atoms with Gasteiger partial charge in [-0.3, -0.25) is 4.79 Å². The molecular formula is C9H18N2O. The molecule has 1 saturated carbocycles. The van der Waals surface area contributed by atoms with Crippen LogP contribution in [-0.4, -0.2) is 24.5 Å². The summed E-state index contributed by atoms with van der Waals surface area (Å²) in [6, 6.07) is 0.580. The quantitative estimate of drug-likeness (QED) is 0.636. The van der Waals surface area contributed by atoms with E-state index in [1.54, 1.807) is 0 Å². The molecule has 70 valence electrons. The molecule has 3 nitrogen and oxygen atoms in total. The monoisotopic (exact) mass is 170 g/mol. The summed E-state index contributed by atoms with van der Waals surface area (Å²) in [6.45, 7) is 4.76. The third kappa shape index (κ3) is 3.22. The fourth-order valence-corrected chi connectivity index (χ4v) is 1.08. The largest absolute Gasteiger partial charge is 0.355 e. The van der Waals surface area contributed by atoms with Crippen molar-refractivity contribution >= 4 is 5.91 Å². The van der Waals surface area contributed by atoms with Crippen LogP contribution in [0.3, 0.4) is 0 Å². The number of hydrogen-bond acceptors (Lipinski definition) is 2. The Kier molecular flexibility index (Phi) is 3.53. The predicted molar refractivity (Wildman–Crippen MR) is 48.9 cm³/mol. The average Bonchev–Trinajstić information content (AvgIpc) is 2.83. The number of carbonyl (C=O) groups is 1. The predicted octanol–water partition coefficient (Wildman–Crippen LogP) is 0.653. The van der Waals surface area contributed by atoms with Gasteiger partial charge in [-0.25, -0.2) is 0 Å². The van der Waals surface area contributed by atoms with Crippen LogP contribution >= 0.6 is 0 Å². The van der Waals surface area contributed by atoms with Crippen LogP contribution in [0.15, 0.2) is 0 Å². The Morgan fingerprint density at radius 1 is 1.58 bits per heavy atom. The van der Waals surface area contributed by atoms with Crippen LogP contribution < -0.4 is 10.6 Å². The van der Waals surface area contributed by atoms with Crippen molar-refractivity contribution in [3.63, 3.8) is 0 Å². The van der Waals surface area contributed by atoms with Gasteiger partial charge in [-0.1, -0.05) is 6.92 Å². The summed E-state index contributed by atoms with van der Waals surface area (Å²) >= 11 is 0. The molecule has 0 bridgehead atoms. The molecule has 1 aliphatic rings. The lowest BCUT2D eigenvalue weighted by molar-refractivity contribution is -0.122. The zero-order chi connectivity index (χ0) is 8.97. The Bertz CT molecular complexity index is 155. The first-order valence-electron chi connectivity index (χ1n) is 4.77. The molecule has 0 spiro atoms. The highest BCUT2D eigenvalue weighted by Crippen LogP contribution is 2.19. The van der Waals surface area contributed by atoms with E-state index < -0.39 is 0 Å². The Morgan fingerprint density at radius 2 is 2.25 bits per heavy atom. The minimum Gasteiger partial charge on any atom is -0.355 e. The summed E-state index contributed by atoms with van der Waals surface area (Å²) in [6.07, 6.45) is 3.46. The van der Waals surface area contributed by atoms with Crippen LogP contribution in [0.4, 0.5) is 0 Å². The van der Waals surface area contributed by atoms with Gasteiger partial charge in [-0.05, 0) is 26.2 Å². The van der Waals surface area contributed by atoms with Crippen molar-refractivity contribution in [2.45, 2.75) is 45.2 Å². The molecule has 3 heteroatoms. The number of amides is 1. The van der Waals surface area contributed by atoms with Gasteiger partial charge in [0, 0.05) is 12.6 Å². The Morgan fingerprint density at radius 3 is 2.75 bits per heavy atom. The highest BCUT2D eigenvalue weighted by atomic mass is 16.2. The highest BCUT2D eigenvalue weighted by Gasteiger charge is 2.25. The van der Waals surface area contributed by atoms with E-state index in [1.807, 2.05) is 6.92 Å². The molecule has 2 N–H and O–H groups in total. The molecule has 0 aromatic heterocycles. The number of nitrogens with one attached hydrogen (secondary N) is 2. The van der Waals surface area contributed by atoms with Gasteiger partial charge in [0.2, 0.25) is 5.91 Å². The zero-order valence-corrected chi connectivity index (χ0v) is 7.89. The van der Waals surface area contributed by atoms with E-state index in [1.165, 1.54) is 12.8 Å². The van der Waals surface area contributed by atoms with Crippen LogP contribution in [0, 0.1) is 0 Å². The molecule has 12 heavy (non-hydrogen) atoms. The smallest absolute Gasteiger partial charge is 0.236 e. The van der Waals surface area contributed by atoms with Crippen LogP contribution in [0.25, 0.3) is 0 Å². The molecule has 1 fully saturated rings. The van der Waals surface area contributed by atoms with Crippen molar-refractivity contribution < 1.29 is 4.79 Å². The van der Waals surface area contributed by atoms with E-state index in [-0.39, 0.29) is 11.9 Å². The van der Waals surface area contributed by atoms with Crippen molar-refractivity contribution in [1.29, 1.82) is 0 Å². The van der Waals surface area contributed by atoms with Crippen molar-refractivity contribution in [2.75, 3.05) is 6.54 Å². The molecule has 1 amide bonds. The second-order valence-electron chi connectivity index (χ2n) is 3.45. The van der Waals surface area contributed by atoms with E-state index in [4.69, 9.17) is 0 Å². The summed E-state index contributed by atoms with van der Waals surface area (Å²) in [5.74, 6) is 0.128. The molecule has 1 atom stereocenters. The third-order valence-electron chi connectivity index (χ3n) is 2.01. The third-order valence-corrected chi connectivity index (χ3v) is 2.01. The van der Waals surface area contributed by atoms with E-state index in [0.29, 0.717) is 6.04 Å². The topological polar surface area (TPSA) is 41.1 Å². The van der Waals surface area contributed by atoms with Gasteiger partial charge in [0.25, 0.3) is 0 Å². The Hall–Kier alpha value is -0.570. The summed E-state index contributed by atoms with van der Waals surface area (Å²) in [5, 5.41) is 6.11. The molecule has 0 saturated heterocycles. The minimum absolute atomic E-state index is 0.0240. The fourth-order valence-electron chi connectivity index (χ4n) is 1.08. The summed E-state index contributed by atoms with van der Waals surface area (Å²) < 4.78 is 0. The minimum atomic E-state index is -0.0240. The van der Waals surface area contributed by atoms with E-state index in [9.17, 15) is 4.79 Å². The van der Waals surface area contributed by atoms with E-state index in [0.717, 1.165) is 13.0 Å². The zero-order valence-electron chi connectivity index (χ0n) is 7.89.